The van der Waals surface area contributed by atoms with Crippen LogP contribution < -0.4 is 42.5 Å². The zero-order valence-electron chi connectivity index (χ0n) is 24.0. The third kappa shape index (κ3) is 9.74. The number of nitro groups is 2. The predicted molar refractivity (Wildman–Crippen MR) is 163 cm³/mol. The molecule has 3 heterocycles. The summed E-state index contributed by atoms with van der Waals surface area (Å²) in [6.07, 6.45) is 0. The number of nitrogens with one attached hydrogen (secondary N) is 8. The molecular formula is C28H44N10O4. The lowest BCUT2D eigenvalue weighted by Crippen LogP contribution is -2.66. The summed E-state index contributed by atoms with van der Waals surface area (Å²) >= 11 is 0. The number of hydrogen-bond donors (Lipinski definition) is 8. The normalized spacial score (nSPS) is 24.9. The Kier molecular flexibility index (Phi) is 12.1. The van der Waals surface area contributed by atoms with Crippen molar-refractivity contribution in [1.29, 1.82) is 0 Å². The first kappa shape index (κ1) is 31.8. The van der Waals surface area contributed by atoms with Crippen LogP contribution in [0.3, 0.4) is 0 Å². The van der Waals surface area contributed by atoms with E-state index in [2.05, 4.69) is 42.5 Å². The molecule has 2 aromatic carbocycles. The molecule has 2 bridgehead atoms. The van der Waals surface area contributed by atoms with Crippen molar-refractivity contribution < 1.29 is 9.85 Å². The lowest BCUT2D eigenvalue weighted by molar-refractivity contribution is -0.385. The van der Waals surface area contributed by atoms with Crippen LogP contribution in [-0.4, -0.2) is 99.5 Å². The van der Waals surface area contributed by atoms with Crippen LogP contribution in [0.25, 0.3) is 0 Å². The molecule has 3 fully saturated rings. The molecule has 0 spiro atoms. The second-order valence-corrected chi connectivity index (χ2v) is 11.2. The van der Waals surface area contributed by atoms with E-state index >= 15 is 0 Å². The highest BCUT2D eigenvalue weighted by atomic mass is 16.6. The fourth-order valence-electron chi connectivity index (χ4n) is 5.30. The summed E-state index contributed by atoms with van der Waals surface area (Å²) in [5.74, 6) is 0. The van der Waals surface area contributed by atoms with Gasteiger partial charge in [0.1, 0.15) is 0 Å². The van der Waals surface area contributed by atoms with Crippen molar-refractivity contribution in [1.82, 2.24) is 42.5 Å². The minimum atomic E-state index is -0.377. The maximum absolute atomic E-state index is 11.0. The molecule has 0 saturated carbocycles. The maximum Gasteiger partial charge on any atom is 0.269 e. The van der Waals surface area contributed by atoms with Gasteiger partial charge >= 0.3 is 0 Å². The Morgan fingerprint density at radius 1 is 0.524 bits per heavy atom. The molecule has 0 atom stereocenters. The number of nitrogens with zero attached hydrogens (tertiary/aromatic N) is 2. The number of nitro benzene ring substituents is 2. The monoisotopic (exact) mass is 584 g/mol. The van der Waals surface area contributed by atoms with E-state index in [1.165, 1.54) is 0 Å². The molecule has 3 aliphatic rings. The molecule has 14 heteroatoms. The van der Waals surface area contributed by atoms with Gasteiger partial charge in [-0.1, -0.05) is 24.3 Å². The summed E-state index contributed by atoms with van der Waals surface area (Å²) in [6.45, 7) is 10.4. The number of fused-ring (bicyclic) bond motifs is 15. The van der Waals surface area contributed by atoms with E-state index in [0.717, 1.165) is 89.7 Å². The first-order valence-electron chi connectivity index (χ1n) is 14.6. The van der Waals surface area contributed by atoms with Crippen LogP contribution in [0.15, 0.2) is 48.5 Å². The highest BCUT2D eigenvalue weighted by molar-refractivity contribution is 5.33. The van der Waals surface area contributed by atoms with Crippen LogP contribution in [0.2, 0.25) is 0 Å². The molecule has 5 rings (SSSR count). The van der Waals surface area contributed by atoms with Gasteiger partial charge in [-0.25, -0.2) is 0 Å². The van der Waals surface area contributed by atoms with Crippen molar-refractivity contribution in [3.63, 3.8) is 0 Å². The Balaban J connectivity index is 1.42. The maximum atomic E-state index is 11.0. The summed E-state index contributed by atoms with van der Waals surface area (Å²) in [7, 11) is 0. The van der Waals surface area contributed by atoms with E-state index in [-0.39, 0.29) is 32.3 Å². The first-order chi connectivity index (χ1) is 20.4. The fourth-order valence-corrected chi connectivity index (χ4v) is 5.30. The van der Waals surface area contributed by atoms with E-state index in [0.29, 0.717) is 13.1 Å². The van der Waals surface area contributed by atoms with Crippen LogP contribution >= 0.6 is 0 Å². The molecule has 0 unspecified atom stereocenters. The van der Waals surface area contributed by atoms with E-state index in [1.54, 1.807) is 24.3 Å². The molecule has 0 radical (unpaired) electrons. The summed E-state index contributed by atoms with van der Waals surface area (Å²) in [4.78, 5) is 21.3. The summed E-state index contributed by atoms with van der Waals surface area (Å²) < 4.78 is 0. The molecule has 3 aliphatic heterocycles. The Bertz CT molecular complexity index is 999. The van der Waals surface area contributed by atoms with E-state index < -0.39 is 0 Å². The van der Waals surface area contributed by atoms with Gasteiger partial charge in [0.25, 0.3) is 11.4 Å². The largest absolute Gasteiger partial charge is 0.314 e. The van der Waals surface area contributed by atoms with Gasteiger partial charge in [-0.05, 0) is 11.1 Å². The summed E-state index contributed by atoms with van der Waals surface area (Å²) in [5, 5.41) is 51.4. The molecule has 8 N–H and O–H groups in total. The Hall–Kier alpha value is -3.08. The zero-order valence-corrected chi connectivity index (χ0v) is 24.0. The van der Waals surface area contributed by atoms with Crippen molar-refractivity contribution >= 4 is 11.4 Å². The average Bonchev–Trinajstić information content (AvgIpc) is 3.00. The van der Waals surface area contributed by atoms with Crippen molar-refractivity contribution in [3.05, 3.63) is 79.9 Å². The smallest absolute Gasteiger partial charge is 0.269 e. The fraction of sp³-hybridized carbons (Fsp3) is 0.571. The van der Waals surface area contributed by atoms with Crippen molar-refractivity contribution in [3.8, 4) is 0 Å². The van der Waals surface area contributed by atoms with E-state index in [9.17, 15) is 20.2 Å². The number of hydrogen-bond acceptors (Lipinski definition) is 12. The average molecular weight is 585 g/mol. The van der Waals surface area contributed by atoms with Gasteiger partial charge in [0.05, 0.1) is 20.9 Å². The topological polar surface area (TPSA) is 183 Å². The molecule has 14 nitrogen and oxygen atoms in total. The van der Waals surface area contributed by atoms with Gasteiger partial charge in [0, 0.05) is 116 Å². The van der Waals surface area contributed by atoms with Crippen LogP contribution in [0.5, 0.6) is 0 Å². The van der Waals surface area contributed by atoms with Gasteiger partial charge in [0.2, 0.25) is 0 Å². The molecule has 230 valence electrons. The van der Waals surface area contributed by atoms with Crippen molar-refractivity contribution in [2.75, 3.05) is 78.5 Å². The molecular weight excluding hydrogens is 540 g/mol. The van der Waals surface area contributed by atoms with Gasteiger partial charge in [-0.15, -0.1) is 0 Å². The Labute approximate surface area is 246 Å². The minimum absolute atomic E-state index is 0.0935. The van der Waals surface area contributed by atoms with Crippen LogP contribution in [0, 0.1) is 20.2 Å². The Morgan fingerprint density at radius 2 is 0.786 bits per heavy atom. The standard InChI is InChI=1S/C28H44N10O4/c39-37(40)25-5-1-23(2-6-25)15-35-27-17-29-9-12-32-20-28(21-33-13-10-30-18-27,22-34-14-11-31-19-27)36-16-24-3-7-26(8-4-24)38(41)42/h1-8,29-36H,9-22H2. The van der Waals surface area contributed by atoms with Crippen LogP contribution in [0.1, 0.15) is 11.1 Å². The number of rotatable bonds is 8. The van der Waals surface area contributed by atoms with Gasteiger partial charge < -0.3 is 42.5 Å². The SMILES string of the molecule is O=[N+]([O-])c1ccc(CNC23CNCCNCC(NCc4ccc([N+](=O)[O-])cc4)(CNCCNC2)CNCCNC3)cc1. The number of benzene rings is 2. The lowest BCUT2D eigenvalue weighted by Gasteiger charge is -2.39. The van der Waals surface area contributed by atoms with Gasteiger partial charge in [-0.3, -0.25) is 20.2 Å². The summed E-state index contributed by atoms with van der Waals surface area (Å²) in [5.41, 5.74) is 1.64. The lowest BCUT2D eigenvalue weighted by atomic mass is 9.96. The van der Waals surface area contributed by atoms with E-state index in [1.807, 2.05) is 24.3 Å². The van der Waals surface area contributed by atoms with Crippen LogP contribution in [-0.2, 0) is 13.1 Å². The first-order valence-corrected chi connectivity index (χ1v) is 14.6. The van der Waals surface area contributed by atoms with Crippen molar-refractivity contribution in [2.24, 2.45) is 0 Å². The molecule has 42 heavy (non-hydrogen) atoms. The molecule has 2 aromatic rings. The quantitative estimate of drug-likeness (QED) is 0.146. The second-order valence-electron chi connectivity index (χ2n) is 11.2. The molecule has 0 aromatic heterocycles. The van der Waals surface area contributed by atoms with E-state index in [4.69, 9.17) is 0 Å². The second kappa shape index (κ2) is 16.0. The highest BCUT2D eigenvalue weighted by Crippen LogP contribution is 2.14. The van der Waals surface area contributed by atoms with Crippen LogP contribution in [0.4, 0.5) is 11.4 Å². The third-order valence-electron chi connectivity index (χ3n) is 7.85. The number of non-ortho nitro benzene ring substituents is 2. The van der Waals surface area contributed by atoms with Gasteiger partial charge in [0.15, 0.2) is 0 Å². The highest BCUT2D eigenvalue weighted by Gasteiger charge is 2.31. The third-order valence-corrected chi connectivity index (χ3v) is 7.85. The Morgan fingerprint density at radius 3 is 1.02 bits per heavy atom. The summed E-state index contributed by atoms with van der Waals surface area (Å²) in [6, 6.07) is 13.4. The zero-order chi connectivity index (χ0) is 29.7. The minimum Gasteiger partial charge on any atom is -0.314 e. The van der Waals surface area contributed by atoms with Gasteiger partial charge in [-0.2, -0.15) is 0 Å². The molecule has 3 saturated heterocycles. The molecule has 0 amide bonds. The molecule has 0 aliphatic carbocycles. The predicted octanol–water partition coefficient (Wildman–Crippen LogP) is -0.575. The van der Waals surface area contributed by atoms with Crippen molar-refractivity contribution in [2.45, 2.75) is 24.2 Å².